The molecule has 0 N–H and O–H groups in total. The standard InChI is InChI=1S/C57H51N/c1-8-28-56(29-9-1)52-14-6-4-12-48(52)50-26-24-47(36-55(50)56)58(45-22-19-40(20-23-45)42-18-17-39-10-2-3-11-41(39)34-42)46-25-27-54-51(35-46)49-13-5-7-15-53(49)57(54)43-21-16-37-30-38(32-43)33-44(57)31-37/h2-7,10-15,17-20,22-27,34-38,43-44H,1,8-9,16,21,28-33H2. The van der Waals surface area contributed by atoms with Crippen molar-refractivity contribution in [3.63, 3.8) is 0 Å². The maximum atomic E-state index is 2.61. The third kappa shape index (κ3) is 4.65. The van der Waals surface area contributed by atoms with Crippen molar-refractivity contribution in [1.29, 1.82) is 0 Å². The van der Waals surface area contributed by atoms with Crippen LogP contribution < -0.4 is 4.90 Å². The number of anilines is 3. The van der Waals surface area contributed by atoms with E-state index in [9.17, 15) is 0 Å². The molecule has 5 fully saturated rings. The van der Waals surface area contributed by atoms with Gasteiger partial charge in [-0.2, -0.15) is 0 Å². The van der Waals surface area contributed by atoms with E-state index in [0.29, 0.717) is 0 Å². The molecule has 1 nitrogen and oxygen atoms in total. The van der Waals surface area contributed by atoms with Crippen LogP contribution in [-0.2, 0) is 10.8 Å². The van der Waals surface area contributed by atoms with E-state index in [1.807, 2.05) is 0 Å². The smallest absolute Gasteiger partial charge is 0.0468 e. The van der Waals surface area contributed by atoms with E-state index < -0.39 is 0 Å². The van der Waals surface area contributed by atoms with E-state index in [-0.39, 0.29) is 10.8 Å². The molecule has 14 rings (SSSR count). The molecule has 1 heteroatoms. The zero-order valence-electron chi connectivity index (χ0n) is 33.5. The molecule has 0 aromatic heterocycles. The van der Waals surface area contributed by atoms with Crippen LogP contribution >= 0.6 is 0 Å². The summed E-state index contributed by atoms with van der Waals surface area (Å²) in [5, 5.41) is 2.57. The van der Waals surface area contributed by atoms with Crippen LogP contribution in [0.5, 0.6) is 0 Å². The average molecular weight is 750 g/mol. The Morgan fingerprint density at radius 2 is 1.03 bits per heavy atom. The lowest BCUT2D eigenvalue weighted by molar-refractivity contribution is 0.0618. The second-order valence-electron chi connectivity index (χ2n) is 19.2. The fraction of sp³-hybridized carbons (Fsp3) is 0.298. The van der Waals surface area contributed by atoms with E-state index in [0.717, 1.165) is 23.7 Å². The molecule has 0 heterocycles. The van der Waals surface area contributed by atoms with Gasteiger partial charge in [-0.3, -0.25) is 0 Å². The van der Waals surface area contributed by atoms with Crippen molar-refractivity contribution in [2.75, 3.05) is 4.90 Å². The second-order valence-corrected chi connectivity index (χ2v) is 19.2. The first kappa shape index (κ1) is 33.6. The molecule has 0 radical (unpaired) electrons. The number of rotatable bonds is 4. The van der Waals surface area contributed by atoms with Gasteiger partial charge >= 0.3 is 0 Å². The quantitative estimate of drug-likeness (QED) is 0.173. The molecule has 58 heavy (non-hydrogen) atoms. The third-order valence-electron chi connectivity index (χ3n) is 16.5. The molecule has 5 saturated carbocycles. The zero-order chi connectivity index (χ0) is 38.0. The maximum Gasteiger partial charge on any atom is 0.0468 e. The fourth-order valence-corrected chi connectivity index (χ4v) is 14.3. The summed E-state index contributed by atoms with van der Waals surface area (Å²) in [5.41, 5.74) is 18.7. The summed E-state index contributed by atoms with van der Waals surface area (Å²) in [6.07, 6.45) is 15.0. The van der Waals surface area contributed by atoms with Gasteiger partial charge in [-0.25, -0.2) is 0 Å². The van der Waals surface area contributed by atoms with Gasteiger partial charge in [0.25, 0.3) is 0 Å². The second kappa shape index (κ2) is 12.6. The van der Waals surface area contributed by atoms with Gasteiger partial charge in [0.1, 0.15) is 0 Å². The normalized spacial score (nSPS) is 25.4. The summed E-state index contributed by atoms with van der Waals surface area (Å²) in [7, 11) is 0. The summed E-state index contributed by atoms with van der Waals surface area (Å²) in [4.78, 5) is 2.58. The minimum absolute atomic E-state index is 0.104. The molecule has 7 aromatic carbocycles. The summed E-state index contributed by atoms with van der Waals surface area (Å²) in [5.74, 6) is 3.37. The van der Waals surface area contributed by atoms with Crippen LogP contribution in [0.1, 0.15) is 92.9 Å². The Labute approximate surface area is 343 Å². The molecular formula is C57H51N. The van der Waals surface area contributed by atoms with Crippen LogP contribution in [0, 0.1) is 23.7 Å². The van der Waals surface area contributed by atoms with Gasteiger partial charge in [0.15, 0.2) is 0 Å². The van der Waals surface area contributed by atoms with Gasteiger partial charge in [0.2, 0.25) is 0 Å². The van der Waals surface area contributed by atoms with Crippen LogP contribution in [0.25, 0.3) is 44.2 Å². The van der Waals surface area contributed by atoms with Crippen LogP contribution in [-0.4, -0.2) is 0 Å². The van der Waals surface area contributed by atoms with Gasteiger partial charge < -0.3 is 4.90 Å². The fourth-order valence-electron chi connectivity index (χ4n) is 14.3. The molecule has 4 bridgehead atoms. The zero-order valence-corrected chi connectivity index (χ0v) is 33.5. The Balaban J connectivity index is 0.984. The van der Waals surface area contributed by atoms with Crippen molar-refractivity contribution in [2.24, 2.45) is 23.7 Å². The van der Waals surface area contributed by atoms with Crippen molar-refractivity contribution >= 4 is 27.8 Å². The van der Waals surface area contributed by atoms with E-state index in [2.05, 4.69) is 157 Å². The van der Waals surface area contributed by atoms with Crippen LogP contribution in [0.2, 0.25) is 0 Å². The first-order valence-electron chi connectivity index (χ1n) is 22.6. The highest BCUT2D eigenvalue weighted by molar-refractivity contribution is 5.91. The summed E-state index contributed by atoms with van der Waals surface area (Å²) in [6, 6.07) is 59.1. The van der Waals surface area contributed by atoms with Crippen LogP contribution in [0.3, 0.4) is 0 Å². The maximum absolute atomic E-state index is 2.61. The van der Waals surface area contributed by atoms with Crippen molar-refractivity contribution in [2.45, 2.75) is 81.5 Å². The molecule has 0 aliphatic heterocycles. The predicted molar refractivity (Wildman–Crippen MR) is 241 cm³/mol. The highest BCUT2D eigenvalue weighted by Gasteiger charge is 2.59. The van der Waals surface area contributed by atoms with Gasteiger partial charge in [0.05, 0.1) is 0 Å². The number of hydrogen-bond donors (Lipinski definition) is 0. The predicted octanol–water partition coefficient (Wildman–Crippen LogP) is 15.3. The Kier molecular flexibility index (Phi) is 7.26. The van der Waals surface area contributed by atoms with Gasteiger partial charge in [-0.05, 0) is 177 Å². The van der Waals surface area contributed by atoms with Gasteiger partial charge in [0, 0.05) is 27.9 Å². The van der Waals surface area contributed by atoms with E-state index >= 15 is 0 Å². The SMILES string of the molecule is c1ccc2c(c1)-c1ccc(N(c3ccc(-c4ccc5ccccc5c4)cc3)c3ccc4c(c3)-c3ccccc3C43C4CCC5CC(C4)CC3C5)cc1C21CCCCC1. The molecule has 7 aromatic rings. The van der Waals surface area contributed by atoms with Gasteiger partial charge in [-0.1, -0.05) is 135 Å². The summed E-state index contributed by atoms with van der Waals surface area (Å²) >= 11 is 0. The number of benzene rings is 7. The minimum atomic E-state index is 0.104. The Morgan fingerprint density at radius 3 is 1.90 bits per heavy atom. The van der Waals surface area contributed by atoms with Crippen LogP contribution in [0.4, 0.5) is 17.1 Å². The molecule has 5 atom stereocenters. The number of hydrogen-bond acceptors (Lipinski definition) is 1. The Bertz CT molecular complexity index is 2760. The lowest BCUT2D eigenvalue weighted by atomic mass is 9.51. The van der Waals surface area contributed by atoms with Crippen molar-refractivity contribution in [3.8, 4) is 33.4 Å². The molecule has 2 spiro atoms. The summed E-state index contributed by atoms with van der Waals surface area (Å²) < 4.78 is 0. The molecule has 284 valence electrons. The van der Waals surface area contributed by atoms with Crippen molar-refractivity contribution in [1.82, 2.24) is 0 Å². The topological polar surface area (TPSA) is 3.24 Å². The lowest BCUT2D eigenvalue weighted by Crippen LogP contribution is -2.48. The first-order valence-corrected chi connectivity index (χ1v) is 22.6. The van der Waals surface area contributed by atoms with E-state index in [4.69, 9.17) is 0 Å². The van der Waals surface area contributed by atoms with E-state index in [1.165, 1.54) is 132 Å². The molecular weight excluding hydrogens is 699 g/mol. The van der Waals surface area contributed by atoms with Crippen molar-refractivity contribution in [3.05, 3.63) is 174 Å². The highest BCUT2D eigenvalue weighted by Crippen LogP contribution is 2.68. The molecule has 7 aliphatic carbocycles. The Morgan fingerprint density at radius 1 is 0.397 bits per heavy atom. The lowest BCUT2D eigenvalue weighted by Gasteiger charge is -2.53. The Hall–Kier alpha value is -5.40. The first-order chi connectivity index (χ1) is 28.7. The molecule has 0 amide bonds. The number of nitrogens with zero attached hydrogens (tertiary/aromatic N) is 1. The summed E-state index contributed by atoms with van der Waals surface area (Å²) in [6.45, 7) is 0. The third-order valence-corrected chi connectivity index (χ3v) is 16.5. The van der Waals surface area contributed by atoms with E-state index in [1.54, 1.807) is 22.3 Å². The molecule has 0 saturated heterocycles. The number of fused-ring (bicyclic) bond motifs is 10. The molecule has 7 aliphatic rings. The largest absolute Gasteiger partial charge is 0.310 e. The average Bonchev–Trinajstić information content (AvgIpc) is 3.60. The minimum Gasteiger partial charge on any atom is -0.310 e. The van der Waals surface area contributed by atoms with Crippen LogP contribution in [0.15, 0.2) is 152 Å². The van der Waals surface area contributed by atoms with Gasteiger partial charge in [-0.15, -0.1) is 0 Å². The molecule has 5 unspecified atom stereocenters. The monoisotopic (exact) mass is 749 g/mol. The highest BCUT2D eigenvalue weighted by atomic mass is 15.1. The van der Waals surface area contributed by atoms with Crippen molar-refractivity contribution < 1.29 is 0 Å².